The van der Waals surface area contributed by atoms with Crippen LogP contribution in [0, 0.1) is 0 Å². The minimum atomic E-state index is -0.430. The van der Waals surface area contributed by atoms with Crippen molar-refractivity contribution in [1.29, 1.82) is 0 Å². The lowest BCUT2D eigenvalue weighted by molar-refractivity contribution is 0.0519. The third-order valence-electron chi connectivity index (χ3n) is 2.26. The second-order valence-corrected chi connectivity index (χ2v) is 3.42. The quantitative estimate of drug-likeness (QED) is 0.643. The molecule has 0 saturated heterocycles. The Morgan fingerprint density at radius 3 is 2.88 bits per heavy atom. The summed E-state index contributed by atoms with van der Waals surface area (Å²) in [5.74, 6) is -0.430. The number of carbonyl (C=O) groups is 1. The highest BCUT2D eigenvalue weighted by Crippen LogP contribution is 2.15. The Balaban J connectivity index is 2.30. The van der Waals surface area contributed by atoms with Crippen LogP contribution in [0.15, 0.2) is 36.5 Å². The molecule has 17 heavy (non-hydrogen) atoms. The highest BCUT2D eigenvalue weighted by atomic mass is 16.5. The number of esters is 1. The van der Waals surface area contributed by atoms with Gasteiger partial charge in [0, 0.05) is 6.20 Å². The van der Waals surface area contributed by atoms with Crippen LogP contribution < -0.4 is 5.73 Å². The summed E-state index contributed by atoms with van der Waals surface area (Å²) in [7, 11) is 0. The third-order valence-corrected chi connectivity index (χ3v) is 2.26. The molecule has 0 unspecified atom stereocenters. The van der Waals surface area contributed by atoms with Gasteiger partial charge in [-0.1, -0.05) is 12.1 Å². The fourth-order valence-corrected chi connectivity index (χ4v) is 1.47. The molecular weight excluding hydrogens is 218 g/mol. The van der Waals surface area contributed by atoms with Crippen LogP contribution in [0.1, 0.15) is 17.4 Å². The average Bonchev–Trinajstić information content (AvgIpc) is 2.79. The molecule has 0 saturated carbocycles. The molecule has 0 spiro atoms. The standard InChI is InChI=1S/C12H13N3O2/c1-2-17-12(16)10-7-8-15(14-10)11-6-4-3-5-9(11)13/h3-8H,2,13H2,1H3. The maximum atomic E-state index is 11.4. The summed E-state index contributed by atoms with van der Waals surface area (Å²) in [6.45, 7) is 2.09. The number of ether oxygens (including phenoxy) is 1. The Hall–Kier alpha value is -2.30. The first-order chi connectivity index (χ1) is 8.22. The lowest BCUT2D eigenvalue weighted by Gasteiger charge is -2.04. The first-order valence-corrected chi connectivity index (χ1v) is 5.30. The summed E-state index contributed by atoms with van der Waals surface area (Å²) in [6.07, 6.45) is 1.68. The van der Waals surface area contributed by atoms with E-state index in [1.807, 2.05) is 18.2 Å². The summed E-state index contributed by atoms with van der Waals surface area (Å²) in [4.78, 5) is 11.4. The van der Waals surface area contributed by atoms with E-state index in [4.69, 9.17) is 10.5 Å². The Morgan fingerprint density at radius 2 is 2.18 bits per heavy atom. The van der Waals surface area contributed by atoms with Crippen molar-refractivity contribution in [3.8, 4) is 5.69 Å². The van der Waals surface area contributed by atoms with Gasteiger partial charge in [-0.15, -0.1) is 0 Å². The van der Waals surface area contributed by atoms with Crippen molar-refractivity contribution >= 4 is 11.7 Å². The second kappa shape index (κ2) is 4.69. The van der Waals surface area contributed by atoms with E-state index in [1.54, 1.807) is 29.9 Å². The Bertz CT molecular complexity index is 534. The number of rotatable bonds is 3. The van der Waals surface area contributed by atoms with E-state index in [1.165, 1.54) is 0 Å². The molecule has 0 aliphatic carbocycles. The maximum absolute atomic E-state index is 11.4. The van der Waals surface area contributed by atoms with Crippen LogP contribution in [0.4, 0.5) is 5.69 Å². The highest BCUT2D eigenvalue weighted by Gasteiger charge is 2.11. The molecule has 1 heterocycles. The van der Waals surface area contributed by atoms with Gasteiger partial charge in [0.2, 0.25) is 0 Å². The van der Waals surface area contributed by atoms with E-state index >= 15 is 0 Å². The predicted molar refractivity (Wildman–Crippen MR) is 63.9 cm³/mol. The molecular formula is C12H13N3O2. The molecule has 0 bridgehead atoms. The normalized spacial score (nSPS) is 10.2. The summed E-state index contributed by atoms with van der Waals surface area (Å²) in [5.41, 5.74) is 7.43. The van der Waals surface area contributed by atoms with E-state index in [9.17, 15) is 4.79 Å². The monoisotopic (exact) mass is 231 g/mol. The largest absolute Gasteiger partial charge is 0.461 e. The van der Waals surface area contributed by atoms with E-state index in [-0.39, 0.29) is 5.69 Å². The number of para-hydroxylation sites is 2. The van der Waals surface area contributed by atoms with Crippen molar-refractivity contribution in [3.63, 3.8) is 0 Å². The van der Waals surface area contributed by atoms with Gasteiger partial charge in [0.1, 0.15) is 0 Å². The molecule has 5 heteroatoms. The molecule has 88 valence electrons. The van der Waals surface area contributed by atoms with Crippen molar-refractivity contribution < 1.29 is 9.53 Å². The number of hydrogen-bond acceptors (Lipinski definition) is 4. The van der Waals surface area contributed by atoms with Crippen LogP contribution >= 0.6 is 0 Å². The molecule has 1 aromatic heterocycles. The van der Waals surface area contributed by atoms with Crippen LogP contribution in [-0.4, -0.2) is 22.4 Å². The summed E-state index contributed by atoms with van der Waals surface area (Å²) in [6, 6.07) is 8.91. The number of nitrogen functional groups attached to an aromatic ring is 1. The maximum Gasteiger partial charge on any atom is 0.358 e. The lowest BCUT2D eigenvalue weighted by Crippen LogP contribution is -2.07. The number of nitrogens with zero attached hydrogens (tertiary/aromatic N) is 2. The molecule has 0 fully saturated rings. The SMILES string of the molecule is CCOC(=O)c1ccn(-c2ccccc2N)n1. The highest BCUT2D eigenvalue weighted by molar-refractivity contribution is 5.87. The first kappa shape index (κ1) is 11.2. The molecule has 2 rings (SSSR count). The molecule has 1 aromatic carbocycles. The third kappa shape index (κ3) is 2.28. The molecule has 0 aliphatic rings. The lowest BCUT2D eigenvalue weighted by atomic mass is 10.3. The number of anilines is 1. The molecule has 2 aromatic rings. The van der Waals surface area contributed by atoms with Gasteiger partial charge in [-0.05, 0) is 25.1 Å². The Kier molecular flexibility index (Phi) is 3.09. The fourth-order valence-electron chi connectivity index (χ4n) is 1.47. The average molecular weight is 231 g/mol. The van der Waals surface area contributed by atoms with Gasteiger partial charge in [-0.2, -0.15) is 5.10 Å². The Morgan fingerprint density at radius 1 is 1.41 bits per heavy atom. The number of aromatic nitrogens is 2. The van der Waals surface area contributed by atoms with Crippen molar-refractivity contribution in [3.05, 3.63) is 42.2 Å². The van der Waals surface area contributed by atoms with E-state index < -0.39 is 5.97 Å². The van der Waals surface area contributed by atoms with E-state index in [0.29, 0.717) is 12.3 Å². The molecule has 0 atom stereocenters. The van der Waals surface area contributed by atoms with Crippen LogP contribution in [0.2, 0.25) is 0 Å². The Labute approximate surface area is 98.8 Å². The number of carbonyl (C=O) groups excluding carboxylic acids is 1. The predicted octanol–water partition coefficient (Wildman–Crippen LogP) is 1.63. The first-order valence-electron chi connectivity index (χ1n) is 5.30. The van der Waals surface area contributed by atoms with Crippen molar-refractivity contribution in [1.82, 2.24) is 9.78 Å². The van der Waals surface area contributed by atoms with Crippen molar-refractivity contribution in [2.75, 3.05) is 12.3 Å². The van der Waals surface area contributed by atoms with Crippen LogP contribution in [0.25, 0.3) is 5.69 Å². The number of hydrogen-bond donors (Lipinski definition) is 1. The van der Waals surface area contributed by atoms with E-state index in [2.05, 4.69) is 5.10 Å². The summed E-state index contributed by atoms with van der Waals surface area (Å²) < 4.78 is 6.42. The fraction of sp³-hybridized carbons (Fsp3) is 0.167. The summed E-state index contributed by atoms with van der Waals surface area (Å²) >= 11 is 0. The minimum absolute atomic E-state index is 0.273. The van der Waals surface area contributed by atoms with Gasteiger partial charge in [0.15, 0.2) is 5.69 Å². The molecule has 5 nitrogen and oxygen atoms in total. The molecule has 0 aliphatic heterocycles. The van der Waals surface area contributed by atoms with Gasteiger partial charge in [-0.25, -0.2) is 9.48 Å². The van der Waals surface area contributed by atoms with Crippen molar-refractivity contribution in [2.45, 2.75) is 6.92 Å². The molecule has 2 N–H and O–H groups in total. The summed E-state index contributed by atoms with van der Waals surface area (Å²) in [5, 5.41) is 4.12. The van der Waals surface area contributed by atoms with Gasteiger partial charge >= 0.3 is 5.97 Å². The zero-order valence-corrected chi connectivity index (χ0v) is 9.46. The van der Waals surface area contributed by atoms with Crippen LogP contribution in [-0.2, 0) is 4.74 Å². The number of benzene rings is 1. The smallest absolute Gasteiger partial charge is 0.358 e. The van der Waals surface area contributed by atoms with Crippen molar-refractivity contribution in [2.24, 2.45) is 0 Å². The van der Waals surface area contributed by atoms with E-state index in [0.717, 1.165) is 5.69 Å². The van der Waals surface area contributed by atoms with Gasteiger partial charge < -0.3 is 10.5 Å². The van der Waals surface area contributed by atoms with Crippen LogP contribution in [0.5, 0.6) is 0 Å². The van der Waals surface area contributed by atoms with Crippen LogP contribution in [0.3, 0.4) is 0 Å². The van der Waals surface area contributed by atoms with Gasteiger partial charge in [0.25, 0.3) is 0 Å². The topological polar surface area (TPSA) is 70.1 Å². The molecule has 0 amide bonds. The van der Waals surface area contributed by atoms with Gasteiger partial charge in [0.05, 0.1) is 18.0 Å². The minimum Gasteiger partial charge on any atom is -0.461 e. The zero-order valence-electron chi connectivity index (χ0n) is 9.46. The second-order valence-electron chi connectivity index (χ2n) is 3.42. The number of nitrogens with two attached hydrogens (primary N) is 1. The molecule has 0 radical (unpaired) electrons. The zero-order chi connectivity index (χ0) is 12.3. The van der Waals surface area contributed by atoms with Gasteiger partial charge in [-0.3, -0.25) is 0 Å².